The average molecular weight is 249 g/mol. The fourth-order valence-corrected chi connectivity index (χ4v) is 1.74. The molecule has 1 rings (SSSR count). The molecule has 0 radical (unpaired) electrons. The molecule has 1 unspecified atom stereocenters. The molecule has 0 fully saturated rings. The van der Waals surface area contributed by atoms with Crippen LogP contribution in [0.15, 0.2) is 6.07 Å². The van der Waals surface area contributed by atoms with Gasteiger partial charge in [-0.15, -0.1) is 0 Å². The van der Waals surface area contributed by atoms with Crippen molar-refractivity contribution >= 4 is 0 Å². The smallest absolute Gasteiger partial charge is 0.308 e. The third-order valence-corrected chi connectivity index (χ3v) is 2.47. The van der Waals surface area contributed by atoms with Gasteiger partial charge in [0.15, 0.2) is 0 Å². The Morgan fingerprint density at radius 3 is 2.59 bits per heavy atom. The SMILES string of the molecule is Cc1cc(CC(C)CNCC(F)(F)F)n(C)n1. The van der Waals surface area contributed by atoms with Gasteiger partial charge in [-0.2, -0.15) is 18.3 Å². The minimum atomic E-state index is -4.14. The molecule has 3 nitrogen and oxygen atoms in total. The van der Waals surface area contributed by atoms with Crippen molar-refractivity contribution in [1.29, 1.82) is 0 Å². The highest BCUT2D eigenvalue weighted by Gasteiger charge is 2.26. The molecule has 98 valence electrons. The lowest BCUT2D eigenvalue weighted by atomic mass is 10.1. The van der Waals surface area contributed by atoms with Crippen molar-refractivity contribution in [3.8, 4) is 0 Å². The van der Waals surface area contributed by atoms with Gasteiger partial charge in [-0.25, -0.2) is 0 Å². The van der Waals surface area contributed by atoms with Gasteiger partial charge in [0.1, 0.15) is 0 Å². The van der Waals surface area contributed by atoms with Crippen LogP contribution in [0.3, 0.4) is 0 Å². The first-order valence-corrected chi connectivity index (χ1v) is 5.55. The monoisotopic (exact) mass is 249 g/mol. The van der Waals surface area contributed by atoms with Gasteiger partial charge in [0, 0.05) is 12.7 Å². The first-order valence-electron chi connectivity index (χ1n) is 5.55. The summed E-state index contributed by atoms with van der Waals surface area (Å²) in [6.07, 6.45) is -3.41. The van der Waals surface area contributed by atoms with Crippen LogP contribution in [0.5, 0.6) is 0 Å². The molecular weight excluding hydrogens is 231 g/mol. The van der Waals surface area contributed by atoms with Crippen LogP contribution in [0.2, 0.25) is 0 Å². The fourth-order valence-electron chi connectivity index (χ4n) is 1.74. The lowest BCUT2D eigenvalue weighted by Gasteiger charge is -2.13. The molecule has 0 bridgehead atoms. The predicted molar refractivity (Wildman–Crippen MR) is 59.7 cm³/mol. The van der Waals surface area contributed by atoms with Crippen LogP contribution in [0, 0.1) is 12.8 Å². The molecule has 0 saturated heterocycles. The molecule has 0 aromatic carbocycles. The Kier molecular flexibility index (Phi) is 4.56. The van der Waals surface area contributed by atoms with E-state index in [1.165, 1.54) is 0 Å². The third kappa shape index (κ3) is 5.21. The maximum atomic E-state index is 11.9. The van der Waals surface area contributed by atoms with Crippen molar-refractivity contribution in [2.45, 2.75) is 26.4 Å². The van der Waals surface area contributed by atoms with Crippen LogP contribution in [0.4, 0.5) is 13.2 Å². The number of hydrogen-bond donors (Lipinski definition) is 1. The van der Waals surface area contributed by atoms with E-state index in [2.05, 4.69) is 10.4 Å². The lowest BCUT2D eigenvalue weighted by Crippen LogP contribution is -2.32. The number of aryl methyl sites for hydroxylation is 2. The summed E-state index contributed by atoms with van der Waals surface area (Å²) in [6.45, 7) is 3.24. The summed E-state index contributed by atoms with van der Waals surface area (Å²) in [5, 5.41) is 6.62. The van der Waals surface area contributed by atoms with Crippen LogP contribution < -0.4 is 5.32 Å². The molecule has 1 heterocycles. The maximum Gasteiger partial charge on any atom is 0.401 e. The zero-order chi connectivity index (χ0) is 13.1. The van der Waals surface area contributed by atoms with Crippen molar-refractivity contribution in [2.24, 2.45) is 13.0 Å². The topological polar surface area (TPSA) is 29.9 Å². The zero-order valence-electron chi connectivity index (χ0n) is 10.3. The van der Waals surface area contributed by atoms with Gasteiger partial charge in [-0.3, -0.25) is 4.68 Å². The second-order valence-electron chi connectivity index (χ2n) is 4.46. The van der Waals surface area contributed by atoms with E-state index in [0.29, 0.717) is 6.54 Å². The second kappa shape index (κ2) is 5.53. The molecule has 1 aromatic rings. The number of aromatic nitrogens is 2. The molecule has 0 aliphatic rings. The highest BCUT2D eigenvalue weighted by atomic mass is 19.4. The predicted octanol–water partition coefficient (Wildman–Crippen LogP) is 2.06. The van der Waals surface area contributed by atoms with Crippen molar-refractivity contribution in [1.82, 2.24) is 15.1 Å². The number of nitrogens with one attached hydrogen (secondary N) is 1. The van der Waals surface area contributed by atoms with E-state index in [1.54, 1.807) is 4.68 Å². The Balaban J connectivity index is 2.35. The first-order chi connectivity index (χ1) is 7.78. The molecule has 17 heavy (non-hydrogen) atoms. The summed E-state index contributed by atoms with van der Waals surface area (Å²) < 4.78 is 37.5. The Morgan fingerprint density at radius 1 is 1.47 bits per heavy atom. The van der Waals surface area contributed by atoms with Gasteiger partial charge >= 0.3 is 6.18 Å². The quantitative estimate of drug-likeness (QED) is 0.865. The van der Waals surface area contributed by atoms with E-state index in [0.717, 1.165) is 17.8 Å². The number of rotatable bonds is 5. The highest BCUT2D eigenvalue weighted by Crippen LogP contribution is 2.13. The zero-order valence-corrected chi connectivity index (χ0v) is 10.3. The Morgan fingerprint density at radius 2 is 2.12 bits per heavy atom. The lowest BCUT2D eigenvalue weighted by molar-refractivity contribution is -0.125. The van der Waals surface area contributed by atoms with Crippen LogP contribution in [-0.4, -0.2) is 29.0 Å². The van der Waals surface area contributed by atoms with E-state index in [-0.39, 0.29) is 5.92 Å². The minimum Gasteiger partial charge on any atom is -0.308 e. The third-order valence-electron chi connectivity index (χ3n) is 2.47. The standard InChI is InChI=1S/C11H18F3N3/c1-8(6-15-7-11(12,13)14)4-10-5-9(2)16-17(10)3/h5,8,15H,4,6-7H2,1-3H3. The maximum absolute atomic E-state index is 11.9. The van der Waals surface area contributed by atoms with Gasteiger partial charge in [-0.1, -0.05) is 6.92 Å². The molecule has 1 N–H and O–H groups in total. The molecule has 0 spiro atoms. The van der Waals surface area contributed by atoms with Crippen LogP contribution in [-0.2, 0) is 13.5 Å². The van der Waals surface area contributed by atoms with Gasteiger partial charge in [0.05, 0.1) is 12.2 Å². The summed E-state index contributed by atoms with van der Waals surface area (Å²) in [6, 6.07) is 1.96. The molecule has 0 aliphatic heterocycles. The van der Waals surface area contributed by atoms with Crippen LogP contribution in [0.25, 0.3) is 0 Å². The molecule has 6 heteroatoms. The van der Waals surface area contributed by atoms with E-state index in [4.69, 9.17) is 0 Å². The van der Waals surface area contributed by atoms with E-state index in [1.807, 2.05) is 27.0 Å². The van der Waals surface area contributed by atoms with Gasteiger partial charge < -0.3 is 5.32 Å². The fraction of sp³-hybridized carbons (Fsp3) is 0.727. The van der Waals surface area contributed by atoms with E-state index in [9.17, 15) is 13.2 Å². The van der Waals surface area contributed by atoms with Gasteiger partial charge in [-0.05, 0) is 31.9 Å². The Labute approximate surface area is 99.0 Å². The Hall–Kier alpha value is -1.04. The number of alkyl halides is 3. The number of hydrogen-bond acceptors (Lipinski definition) is 2. The largest absolute Gasteiger partial charge is 0.401 e. The van der Waals surface area contributed by atoms with Crippen LogP contribution in [0.1, 0.15) is 18.3 Å². The molecule has 0 aliphatic carbocycles. The average Bonchev–Trinajstić information content (AvgIpc) is 2.42. The molecular formula is C11H18F3N3. The molecule has 1 atom stereocenters. The number of halogens is 3. The van der Waals surface area contributed by atoms with Gasteiger partial charge in [0.25, 0.3) is 0 Å². The summed E-state index contributed by atoms with van der Waals surface area (Å²) in [7, 11) is 1.85. The van der Waals surface area contributed by atoms with Crippen molar-refractivity contribution in [3.63, 3.8) is 0 Å². The Bertz CT molecular complexity index is 357. The summed E-state index contributed by atoms with van der Waals surface area (Å²) >= 11 is 0. The van der Waals surface area contributed by atoms with E-state index < -0.39 is 12.7 Å². The molecule has 0 amide bonds. The highest BCUT2D eigenvalue weighted by molar-refractivity contribution is 5.09. The first kappa shape index (κ1) is 14.0. The molecule has 0 saturated carbocycles. The summed E-state index contributed by atoms with van der Waals surface area (Å²) in [5.74, 6) is 0.146. The van der Waals surface area contributed by atoms with E-state index >= 15 is 0 Å². The van der Waals surface area contributed by atoms with Crippen molar-refractivity contribution < 1.29 is 13.2 Å². The van der Waals surface area contributed by atoms with Gasteiger partial charge in [0.2, 0.25) is 0 Å². The summed E-state index contributed by atoms with van der Waals surface area (Å²) in [5.41, 5.74) is 1.97. The van der Waals surface area contributed by atoms with Crippen LogP contribution >= 0.6 is 0 Å². The van der Waals surface area contributed by atoms with Crippen molar-refractivity contribution in [3.05, 3.63) is 17.5 Å². The normalized spacial score (nSPS) is 14.0. The second-order valence-corrected chi connectivity index (χ2v) is 4.46. The minimum absolute atomic E-state index is 0.146. The number of nitrogens with zero attached hydrogens (tertiary/aromatic N) is 2. The van der Waals surface area contributed by atoms with Crippen molar-refractivity contribution in [2.75, 3.05) is 13.1 Å². The molecule has 1 aromatic heterocycles. The summed E-state index contributed by atoms with van der Waals surface area (Å²) in [4.78, 5) is 0.